The standard InChI is InChI=1S/C24H30O4/c1-17(2)13-19-5-9-21(10-6-19)15-23(25)27-28-24(26)16-22-11-7-20(8-12-22)14-18(3)4/h5-12,17-18H,13-16H2,1-4H3. The highest BCUT2D eigenvalue weighted by Gasteiger charge is 2.12. The molecule has 2 aromatic carbocycles. The number of hydrogen-bond acceptors (Lipinski definition) is 4. The molecule has 0 unspecified atom stereocenters. The Morgan fingerprint density at radius 2 is 0.893 bits per heavy atom. The highest BCUT2D eigenvalue weighted by molar-refractivity contribution is 5.75. The third kappa shape index (κ3) is 7.95. The molecule has 2 aromatic rings. The van der Waals surface area contributed by atoms with Gasteiger partial charge in [-0.25, -0.2) is 19.4 Å². The van der Waals surface area contributed by atoms with E-state index in [4.69, 9.17) is 0 Å². The maximum atomic E-state index is 11.9. The summed E-state index contributed by atoms with van der Waals surface area (Å²) in [6, 6.07) is 15.7. The number of carbonyl (C=O) groups excluding carboxylic acids is 2. The van der Waals surface area contributed by atoms with Gasteiger partial charge >= 0.3 is 11.9 Å². The van der Waals surface area contributed by atoms with E-state index in [0.717, 1.165) is 24.0 Å². The van der Waals surface area contributed by atoms with Gasteiger partial charge in [0.25, 0.3) is 0 Å². The molecule has 0 fully saturated rings. The first kappa shape index (κ1) is 21.7. The third-order valence-corrected chi connectivity index (χ3v) is 4.26. The predicted octanol–water partition coefficient (Wildman–Crippen LogP) is 4.87. The van der Waals surface area contributed by atoms with E-state index in [0.29, 0.717) is 11.8 Å². The second kappa shape index (κ2) is 10.6. The molecule has 0 atom stereocenters. The van der Waals surface area contributed by atoms with Crippen LogP contribution in [0.2, 0.25) is 0 Å². The zero-order valence-corrected chi connectivity index (χ0v) is 17.2. The van der Waals surface area contributed by atoms with Gasteiger partial charge in [-0.05, 0) is 46.9 Å². The SMILES string of the molecule is CC(C)Cc1ccc(CC(=O)OOC(=O)Cc2ccc(CC(C)C)cc2)cc1. The summed E-state index contributed by atoms with van der Waals surface area (Å²) in [7, 11) is 0. The molecule has 2 rings (SSSR count). The maximum Gasteiger partial charge on any atom is 0.359 e. The third-order valence-electron chi connectivity index (χ3n) is 4.26. The quantitative estimate of drug-likeness (QED) is 0.483. The van der Waals surface area contributed by atoms with Gasteiger partial charge in [0.1, 0.15) is 0 Å². The minimum absolute atomic E-state index is 0.0686. The summed E-state index contributed by atoms with van der Waals surface area (Å²) in [5, 5.41) is 0. The Hall–Kier alpha value is -2.62. The van der Waals surface area contributed by atoms with Gasteiger partial charge in [-0.15, -0.1) is 0 Å². The van der Waals surface area contributed by atoms with Crippen LogP contribution in [0.4, 0.5) is 0 Å². The van der Waals surface area contributed by atoms with Crippen molar-refractivity contribution < 1.29 is 19.4 Å². The molecule has 0 N–H and O–H groups in total. The molecule has 0 aliphatic carbocycles. The summed E-state index contributed by atoms with van der Waals surface area (Å²) in [5.41, 5.74) is 4.12. The van der Waals surface area contributed by atoms with Crippen LogP contribution in [0, 0.1) is 11.8 Å². The molecular formula is C24H30O4. The Kier molecular flexibility index (Phi) is 8.24. The molecule has 0 aliphatic heterocycles. The molecule has 0 aliphatic rings. The molecule has 0 aromatic heterocycles. The van der Waals surface area contributed by atoms with Crippen molar-refractivity contribution in [3.8, 4) is 0 Å². The van der Waals surface area contributed by atoms with Crippen LogP contribution in [0.15, 0.2) is 48.5 Å². The summed E-state index contributed by atoms with van der Waals surface area (Å²) < 4.78 is 0. The van der Waals surface area contributed by atoms with Gasteiger partial charge < -0.3 is 0 Å². The summed E-state index contributed by atoms with van der Waals surface area (Å²) in [5.74, 6) is -0.00208. The molecule has 0 bridgehead atoms. The molecule has 28 heavy (non-hydrogen) atoms. The molecule has 0 amide bonds. The van der Waals surface area contributed by atoms with Gasteiger partial charge in [-0.3, -0.25) is 0 Å². The van der Waals surface area contributed by atoms with E-state index in [2.05, 4.69) is 37.5 Å². The fourth-order valence-electron chi connectivity index (χ4n) is 3.01. The molecule has 0 radical (unpaired) electrons. The topological polar surface area (TPSA) is 52.6 Å². The molecule has 0 heterocycles. The number of benzene rings is 2. The average molecular weight is 383 g/mol. The van der Waals surface area contributed by atoms with Gasteiger partial charge in [0.15, 0.2) is 0 Å². The Morgan fingerprint density at radius 1 is 0.607 bits per heavy atom. The Labute approximate surface area is 167 Å². The van der Waals surface area contributed by atoms with Crippen LogP contribution in [0.25, 0.3) is 0 Å². The van der Waals surface area contributed by atoms with E-state index in [1.165, 1.54) is 11.1 Å². The molecule has 4 heteroatoms. The Bertz CT molecular complexity index is 691. The van der Waals surface area contributed by atoms with Crippen LogP contribution >= 0.6 is 0 Å². The van der Waals surface area contributed by atoms with Crippen LogP contribution in [-0.4, -0.2) is 11.9 Å². The van der Waals surface area contributed by atoms with Gasteiger partial charge in [-0.2, -0.15) is 0 Å². The highest BCUT2D eigenvalue weighted by atomic mass is 17.2. The first-order valence-electron chi connectivity index (χ1n) is 9.87. The fourth-order valence-corrected chi connectivity index (χ4v) is 3.01. The smallest absolute Gasteiger partial charge is 0.247 e. The number of rotatable bonds is 8. The summed E-state index contributed by atoms with van der Waals surface area (Å²) in [6.45, 7) is 8.67. The van der Waals surface area contributed by atoms with Crippen LogP contribution < -0.4 is 0 Å². The number of hydrogen-bond donors (Lipinski definition) is 0. The van der Waals surface area contributed by atoms with Crippen molar-refractivity contribution in [1.29, 1.82) is 0 Å². The first-order chi connectivity index (χ1) is 13.3. The van der Waals surface area contributed by atoms with Gasteiger partial charge in [0, 0.05) is 0 Å². The van der Waals surface area contributed by atoms with Crippen LogP contribution in [0.1, 0.15) is 49.9 Å². The van der Waals surface area contributed by atoms with Crippen LogP contribution in [0.5, 0.6) is 0 Å². The lowest BCUT2D eigenvalue weighted by atomic mass is 10.0. The second-order valence-electron chi connectivity index (χ2n) is 8.09. The molecule has 0 spiro atoms. The zero-order valence-electron chi connectivity index (χ0n) is 17.2. The van der Waals surface area contributed by atoms with E-state index in [-0.39, 0.29) is 12.8 Å². The van der Waals surface area contributed by atoms with Crippen molar-refractivity contribution in [2.75, 3.05) is 0 Å². The van der Waals surface area contributed by atoms with Gasteiger partial charge in [-0.1, -0.05) is 76.2 Å². The maximum absolute atomic E-state index is 11.9. The normalized spacial score (nSPS) is 10.9. The molecule has 4 nitrogen and oxygen atoms in total. The highest BCUT2D eigenvalue weighted by Crippen LogP contribution is 2.12. The Balaban J connectivity index is 1.75. The van der Waals surface area contributed by atoms with Gasteiger partial charge in [0.2, 0.25) is 0 Å². The second-order valence-corrected chi connectivity index (χ2v) is 8.09. The fraction of sp³-hybridized carbons (Fsp3) is 0.417. The Morgan fingerprint density at radius 3 is 1.18 bits per heavy atom. The van der Waals surface area contributed by atoms with Crippen LogP contribution in [0.3, 0.4) is 0 Å². The van der Waals surface area contributed by atoms with Crippen molar-refractivity contribution >= 4 is 11.9 Å². The van der Waals surface area contributed by atoms with Crippen molar-refractivity contribution in [2.45, 2.75) is 53.4 Å². The average Bonchev–Trinajstić information content (AvgIpc) is 2.62. The summed E-state index contributed by atoms with van der Waals surface area (Å²) in [6.07, 6.45) is 2.14. The minimum Gasteiger partial charge on any atom is -0.247 e. The lowest BCUT2D eigenvalue weighted by molar-refractivity contribution is -0.258. The lowest BCUT2D eigenvalue weighted by Crippen LogP contribution is -2.14. The summed E-state index contributed by atoms with van der Waals surface area (Å²) >= 11 is 0. The van der Waals surface area contributed by atoms with Crippen molar-refractivity contribution in [3.05, 3.63) is 70.8 Å². The van der Waals surface area contributed by atoms with E-state index in [9.17, 15) is 9.59 Å². The predicted molar refractivity (Wildman–Crippen MR) is 110 cm³/mol. The van der Waals surface area contributed by atoms with Gasteiger partial charge in [0.05, 0.1) is 12.8 Å². The summed E-state index contributed by atoms with van der Waals surface area (Å²) in [4.78, 5) is 33.1. The monoisotopic (exact) mass is 382 g/mol. The van der Waals surface area contributed by atoms with E-state index < -0.39 is 11.9 Å². The van der Waals surface area contributed by atoms with Crippen molar-refractivity contribution in [1.82, 2.24) is 0 Å². The van der Waals surface area contributed by atoms with E-state index >= 15 is 0 Å². The van der Waals surface area contributed by atoms with Crippen molar-refractivity contribution in [3.63, 3.8) is 0 Å². The zero-order chi connectivity index (χ0) is 20.5. The van der Waals surface area contributed by atoms with Crippen LogP contribution in [-0.2, 0) is 45.0 Å². The molecular weight excluding hydrogens is 352 g/mol. The molecule has 0 saturated carbocycles. The van der Waals surface area contributed by atoms with Crippen molar-refractivity contribution in [2.24, 2.45) is 11.8 Å². The number of carbonyl (C=O) groups is 2. The molecule has 150 valence electrons. The minimum atomic E-state index is -0.586. The first-order valence-corrected chi connectivity index (χ1v) is 9.87. The van der Waals surface area contributed by atoms with E-state index in [1.807, 2.05) is 48.5 Å². The van der Waals surface area contributed by atoms with E-state index in [1.54, 1.807) is 0 Å². The largest absolute Gasteiger partial charge is 0.359 e. The lowest BCUT2D eigenvalue weighted by Gasteiger charge is -2.07. The molecule has 0 saturated heterocycles.